The number of rotatable bonds is 5. The van der Waals surface area contributed by atoms with Gasteiger partial charge in [-0.2, -0.15) is 0 Å². The minimum Gasteiger partial charge on any atom is -0.290 e. The maximum atomic E-state index is 12.9. The maximum absolute atomic E-state index is 12.9. The highest BCUT2D eigenvalue weighted by molar-refractivity contribution is 6.43. The second kappa shape index (κ2) is 9.27. The van der Waals surface area contributed by atoms with Gasteiger partial charge in [0.2, 0.25) is 0 Å². The van der Waals surface area contributed by atoms with Crippen molar-refractivity contribution in [2.45, 2.75) is 6.04 Å². The first kappa shape index (κ1) is 22.1. The van der Waals surface area contributed by atoms with Crippen LogP contribution < -0.4 is 0 Å². The molecule has 7 heteroatoms. The number of amides is 2. The van der Waals surface area contributed by atoms with Crippen molar-refractivity contribution in [2.24, 2.45) is 0 Å². The van der Waals surface area contributed by atoms with Crippen LogP contribution in [0.4, 0.5) is 0 Å². The normalized spacial score (nSPS) is 17.1. The van der Waals surface area contributed by atoms with Crippen LogP contribution in [0.3, 0.4) is 0 Å². The molecule has 0 aliphatic carbocycles. The van der Waals surface area contributed by atoms with Gasteiger partial charge in [-0.3, -0.25) is 24.3 Å². The maximum Gasteiger partial charge on any atom is 0.262 e. The zero-order valence-electron chi connectivity index (χ0n) is 18.0. The van der Waals surface area contributed by atoms with E-state index in [9.17, 15) is 9.59 Å². The van der Waals surface area contributed by atoms with Gasteiger partial charge in [0.05, 0.1) is 33.9 Å². The Morgan fingerprint density at radius 1 is 0.697 bits per heavy atom. The van der Waals surface area contributed by atoms with E-state index in [4.69, 9.17) is 23.2 Å². The molecule has 0 unspecified atom stereocenters. The van der Waals surface area contributed by atoms with E-state index in [0.29, 0.717) is 11.1 Å². The lowest BCUT2D eigenvalue weighted by Gasteiger charge is -2.40. The predicted molar refractivity (Wildman–Crippen MR) is 130 cm³/mol. The van der Waals surface area contributed by atoms with Crippen molar-refractivity contribution in [2.75, 3.05) is 32.8 Å². The van der Waals surface area contributed by atoms with E-state index in [1.807, 2.05) is 12.1 Å². The van der Waals surface area contributed by atoms with Crippen molar-refractivity contribution in [3.63, 3.8) is 0 Å². The van der Waals surface area contributed by atoms with Gasteiger partial charge < -0.3 is 0 Å². The van der Waals surface area contributed by atoms with Crippen molar-refractivity contribution in [3.05, 3.63) is 105 Å². The first-order valence-electron chi connectivity index (χ1n) is 10.9. The van der Waals surface area contributed by atoms with Crippen LogP contribution in [0.5, 0.6) is 0 Å². The quantitative estimate of drug-likeness (QED) is 0.485. The first-order chi connectivity index (χ1) is 16.0. The molecule has 1 saturated heterocycles. The number of imide groups is 1. The molecule has 0 spiro atoms. The third-order valence-corrected chi connectivity index (χ3v) is 7.08. The SMILES string of the molecule is O=C1c2cc(Cl)c(Cl)cc2C(=O)N1CN1CCN(C(c2ccccc2)c2ccccc2)CC1. The molecular weight excluding hydrogens is 457 g/mol. The topological polar surface area (TPSA) is 43.9 Å². The molecule has 3 aromatic carbocycles. The van der Waals surface area contributed by atoms with Crippen molar-refractivity contribution in [1.82, 2.24) is 14.7 Å². The van der Waals surface area contributed by atoms with Gasteiger partial charge in [0.25, 0.3) is 11.8 Å². The monoisotopic (exact) mass is 479 g/mol. The van der Waals surface area contributed by atoms with Crippen LogP contribution in [0.25, 0.3) is 0 Å². The molecule has 5 rings (SSSR count). The molecule has 0 radical (unpaired) electrons. The number of halogens is 2. The van der Waals surface area contributed by atoms with Crippen LogP contribution in [0.2, 0.25) is 10.0 Å². The summed E-state index contributed by atoms with van der Waals surface area (Å²) in [7, 11) is 0. The lowest BCUT2D eigenvalue weighted by Crippen LogP contribution is -2.51. The van der Waals surface area contributed by atoms with Crippen molar-refractivity contribution < 1.29 is 9.59 Å². The fourth-order valence-electron chi connectivity index (χ4n) is 4.66. The fourth-order valence-corrected chi connectivity index (χ4v) is 4.99. The minimum atomic E-state index is -0.317. The lowest BCUT2D eigenvalue weighted by molar-refractivity contribution is 0.0422. The number of hydrogen-bond donors (Lipinski definition) is 0. The molecule has 0 N–H and O–H groups in total. The molecule has 2 heterocycles. The summed E-state index contributed by atoms with van der Waals surface area (Å²) in [4.78, 5) is 31.6. The average molecular weight is 480 g/mol. The van der Waals surface area contributed by atoms with Crippen LogP contribution in [0.15, 0.2) is 72.8 Å². The molecule has 33 heavy (non-hydrogen) atoms. The van der Waals surface area contributed by atoms with Gasteiger partial charge in [-0.1, -0.05) is 83.9 Å². The van der Waals surface area contributed by atoms with Crippen molar-refractivity contribution in [1.29, 1.82) is 0 Å². The molecule has 168 valence electrons. The molecule has 0 saturated carbocycles. The third-order valence-electron chi connectivity index (χ3n) is 6.36. The zero-order valence-corrected chi connectivity index (χ0v) is 19.5. The molecule has 0 bridgehead atoms. The molecular formula is C26H23Cl2N3O2. The van der Waals surface area contributed by atoms with Crippen LogP contribution in [0, 0.1) is 0 Å². The van der Waals surface area contributed by atoms with Gasteiger partial charge in [0.15, 0.2) is 0 Å². The Bertz CT molecular complexity index is 1100. The van der Waals surface area contributed by atoms with E-state index in [1.165, 1.54) is 28.2 Å². The molecule has 2 aliphatic rings. The highest BCUT2D eigenvalue weighted by Gasteiger charge is 2.38. The van der Waals surface area contributed by atoms with Gasteiger partial charge in [-0.05, 0) is 23.3 Å². The number of hydrogen-bond acceptors (Lipinski definition) is 4. The first-order valence-corrected chi connectivity index (χ1v) is 11.7. The summed E-state index contributed by atoms with van der Waals surface area (Å²) in [6, 6.07) is 24.2. The van der Waals surface area contributed by atoms with E-state index in [0.717, 1.165) is 26.2 Å². The summed E-state index contributed by atoms with van der Waals surface area (Å²) < 4.78 is 0. The van der Waals surface area contributed by atoms with E-state index in [2.05, 4.69) is 58.3 Å². The Balaban J connectivity index is 1.29. The van der Waals surface area contributed by atoms with E-state index in [1.54, 1.807) is 0 Å². The Morgan fingerprint density at radius 2 is 1.15 bits per heavy atom. The predicted octanol–water partition coefficient (Wildman–Crippen LogP) is 4.95. The molecule has 2 amide bonds. The van der Waals surface area contributed by atoms with Crippen LogP contribution in [0.1, 0.15) is 37.9 Å². The fraction of sp³-hybridized carbons (Fsp3) is 0.231. The molecule has 0 aromatic heterocycles. The Morgan fingerprint density at radius 3 is 1.61 bits per heavy atom. The summed E-state index contributed by atoms with van der Waals surface area (Å²) in [6.45, 7) is 3.43. The molecule has 2 aliphatic heterocycles. The van der Waals surface area contributed by atoms with Gasteiger partial charge in [0, 0.05) is 26.2 Å². The summed E-state index contributed by atoms with van der Waals surface area (Å²) in [6.07, 6.45) is 0. The van der Waals surface area contributed by atoms with Crippen molar-refractivity contribution >= 4 is 35.0 Å². The molecule has 1 fully saturated rings. The Labute approximate surface area is 203 Å². The largest absolute Gasteiger partial charge is 0.290 e. The van der Waals surface area contributed by atoms with Crippen LogP contribution >= 0.6 is 23.2 Å². The summed E-state index contributed by atoms with van der Waals surface area (Å²) in [5.74, 6) is -0.634. The highest BCUT2D eigenvalue weighted by atomic mass is 35.5. The number of benzene rings is 3. The average Bonchev–Trinajstić information content (AvgIpc) is 3.06. The number of carbonyl (C=O) groups excluding carboxylic acids is 2. The molecule has 3 aromatic rings. The minimum absolute atomic E-state index is 0.165. The Kier molecular flexibility index (Phi) is 6.21. The molecule has 5 nitrogen and oxygen atoms in total. The lowest BCUT2D eigenvalue weighted by atomic mass is 9.96. The van der Waals surface area contributed by atoms with E-state index >= 15 is 0 Å². The van der Waals surface area contributed by atoms with Crippen LogP contribution in [-0.2, 0) is 0 Å². The number of nitrogens with zero attached hydrogens (tertiary/aromatic N) is 3. The number of fused-ring (bicyclic) bond motifs is 1. The zero-order chi connectivity index (χ0) is 22.9. The smallest absolute Gasteiger partial charge is 0.262 e. The van der Waals surface area contributed by atoms with Gasteiger partial charge >= 0.3 is 0 Å². The second-order valence-electron chi connectivity index (χ2n) is 8.37. The summed E-state index contributed by atoms with van der Waals surface area (Å²) >= 11 is 12.1. The van der Waals surface area contributed by atoms with Gasteiger partial charge in [-0.15, -0.1) is 0 Å². The Hall–Kier alpha value is -2.70. The summed E-state index contributed by atoms with van der Waals surface area (Å²) in [5.41, 5.74) is 3.15. The second-order valence-corrected chi connectivity index (χ2v) is 9.18. The highest BCUT2D eigenvalue weighted by Crippen LogP contribution is 2.32. The summed E-state index contributed by atoms with van der Waals surface area (Å²) in [5, 5.41) is 0.555. The number of piperazine rings is 1. The third kappa shape index (κ3) is 4.30. The molecule has 0 atom stereocenters. The van der Waals surface area contributed by atoms with E-state index in [-0.39, 0.29) is 34.6 Å². The van der Waals surface area contributed by atoms with Crippen molar-refractivity contribution in [3.8, 4) is 0 Å². The van der Waals surface area contributed by atoms with E-state index < -0.39 is 0 Å². The van der Waals surface area contributed by atoms with Gasteiger partial charge in [0.1, 0.15) is 0 Å². The number of carbonyl (C=O) groups is 2. The van der Waals surface area contributed by atoms with Crippen LogP contribution in [-0.4, -0.2) is 59.4 Å². The standard InChI is InChI=1S/C26H23Cl2N3O2/c27-22-15-20-21(16-23(22)28)26(33)31(25(20)32)17-29-11-13-30(14-12-29)24(18-7-3-1-4-8-18)19-9-5-2-6-10-19/h1-10,15-16,24H,11-14,17H2. The van der Waals surface area contributed by atoms with Gasteiger partial charge in [-0.25, -0.2) is 0 Å².